The number of aliphatic hydroxyl groups is 1. The number of nitrogens with zero attached hydrogens (tertiary/aromatic N) is 2. The number of nitrogens with two attached hydrogens (primary N) is 1. The molecule has 0 amide bonds. The van der Waals surface area contributed by atoms with Crippen molar-refractivity contribution in [1.82, 2.24) is 9.88 Å². The largest absolute Gasteiger partial charge is 0.392 e. The minimum atomic E-state index is -0.391. The molecule has 1 fully saturated rings. The molecule has 1 aromatic carbocycles. The van der Waals surface area contributed by atoms with Crippen LogP contribution in [0.1, 0.15) is 23.6 Å². The minimum absolute atomic E-state index is 0.0186. The summed E-state index contributed by atoms with van der Waals surface area (Å²) in [6.45, 7) is 1.23. The molecule has 2 heterocycles. The Bertz CT molecular complexity index is 634. The number of hydrogen-bond donors (Lipinski definition) is 2. The predicted molar refractivity (Wildman–Crippen MR) is 78.8 cm³/mol. The van der Waals surface area contributed by atoms with Crippen molar-refractivity contribution in [2.24, 2.45) is 0 Å². The molecule has 1 aliphatic heterocycles. The lowest BCUT2D eigenvalue weighted by molar-refractivity contribution is 0.172. The van der Waals surface area contributed by atoms with E-state index in [1.807, 2.05) is 18.2 Å². The molecule has 2 unspecified atom stereocenters. The molecule has 110 valence electrons. The highest BCUT2D eigenvalue weighted by Crippen LogP contribution is 2.33. The number of pyridine rings is 1. The van der Waals surface area contributed by atoms with Gasteiger partial charge < -0.3 is 10.8 Å². The van der Waals surface area contributed by atoms with Gasteiger partial charge in [0.1, 0.15) is 11.6 Å². The molecule has 2 atom stereocenters. The summed E-state index contributed by atoms with van der Waals surface area (Å²) in [5.74, 6) is 0.233. The highest BCUT2D eigenvalue weighted by molar-refractivity contribution is 5.32. The molecule has 5 heteroatoms. The van der Waals surface area contributed by atoms with Crippen molar-refractivity contribution in [3.05, 3.63) is 59.5 Å². The first-order valence-corrected chi connectivity index (χ1v) is 7.00. The van der Waals surface area contributed by atoms with Crippen LogP contribution >= 0.6 is 0 Å². The third-order valence-electron chi connectivity index (χ3n) is 3.85. The van der Waals surface area contributed by atoms with E-state index in [0.29, 0.717) is 25.3 Å². The van der Waals surface area contributed by atoms with Crippen LogP contribution in [0.3, 0.4) is 0 Å². The quantitative estimate of drug-likeness (QED) is 0.907. The van der Waals surface area contributed by atoms with E-state index < -0.39 is 6.10 Å². The smallest absolute Gasteiger partial charge is 0.123 e. The summed E-state index contributed by atoms with van der Waals surface area (Å²) >= 11 is 0. The van der Waals surface area contributed by atoms with Crippen molar-refractivity contribution in [3.63, 3.8) is 0 Å². The molecule has 4 nitrogen and oxygen atoms in total. The number of benzene rings is 1. The van der Waals surface area contributed by atoms with Gasteiger partial charge >= 0.3 is 0 Å². The fourth-order valence-corrected chi connectivity index (χ4v) is 2.94. The third-order valence-corrected chi connectivity index (χ3v) is 3.85. The maximum Gasteiger partial charge on any atom is 0.123 e. The molecule has 0 bridgehead atoms. The number of anilines is 1. The Kier molecular flexibility index (Phi) is 3.86. The van der Waals surface area contributed by atoms with E-state index in [4.69, 9.17) is 5.73 Å². The molecule has 3 N–H and O–H groups in total. The van der Waals surface area contributed by atoms with Crippen LogP contribution in [-0.2, 0) is 6.54 Å². The third kappa shape index (κ3) is 3.20. The summed E-state index contributed by atoms with van der Waals surface area (Å²) in [7, 11) is 0. The second-order valence-electron chi connectivity index (χ2n) is 5.48. The zero-order valence-electron chi connectivity index (χ0n) is 11.6. The minimum Gasteiger partial charge on any atom is -0.392 e. The van der Waals surface area contributed by atoms with Gasteiger partial charge in [0, 0.05) is 25.3 Å². The van der Waals surface area contributed by atoms with Crippen LogP contribution in [0, 0.1) is 5.82 Å². The highest BCUT2D eigenvalue weighted by Gasteiger charge is 2.32. The SMILES string of the molecule is Nc1cc(CN2CC(O)CC2c2cccc(F)c2)ccn1. The number of β-amino-alcohol motifs (C(OH)–C–C–N with tert-alkyl or cyclic N) is 1. The second kappa shape index (κ2) is 5.79. The molecule has 1 aliphatic rings. The lowest BCUT2D eigenvalue weighted by Crippen LogP contribution is -2.24. The zero-order valence-corrected chi connectivity index (χ0v) is 11.6. The summed E-state index contributed by atoms with van der Waals surface area (Å²) in [4.78, 5) is 6.13. The Hall–Kier alpha value is -1.98. The lowest BCUT2D eigenvalue weighted by atomic mass is 10.0. The van der Waals surface area contributed by atoms with E-state index >= 15 is 0 Å². The van der Waals surface area contributed by atoms with Gasteiger partial charge in [-0.05, 0) is 41.8 Å². The molecule has 0 aliphatic carbocycles. The van der Waals surface area contributed by atoms with Crippen LogP contribution in [0.25, 0.3) is 0 Å². The van der Waals surface area contributed by atoms with E-state index in [9.17, 15) is 9.50 Å². The average Bonchev–Trinajstić information content (AvgIpc) is 2.79. The first-order valence-electron chi connectivity index (χ1n) is 7.00. The Morgan fingerprint density at radius 1 is 1.33 bits per heavy atom. The second-order valence-corrected chi connectivity index (χ2v) is 5.48. The monoisotopic (exact) mass is 287 g/mol. The number of aliphatic hydroxyl groups excluding tert-OH is 1. The van der Waals surface area contributed by atoms with Crippen LogP contribution in [0.4, 0.5) is 10.2 Å². The van der Waals surface area contributed by atoms with Crippen molar-refractivity contribution in [1.29, 1.82) is 0 Å². The molecule has 0 spiro atoms. The van der Waals surface area contributed by atoms with Gasteiger partial charge in [0.25, 0.3) is 0 Å². The number of rotatable bonds is 3. The van der Waals surface area contributed by atoms with Crippen molar-refractivity contribution in [3.8, 4) is 0 Å². The van der Waals surface area contributed by atoms with Gasteiger partial charge in [0.05, 0.1) is 6.10 Å². The van der Waals surface area contributed by atoms with E-state index in [1.165, 1.54) is 12.1 Å². The average molecular weight is 287 g/mol. The maximum atomic E-state index is 13.4. The van der Waals surface area contributed by atoms with Crippen molar-refractivity contribution < 1.29 is 9.50 Å². The highest BCUT2D eigenvalue weighted by atomic mass is 19.1. The zero-order chi connectivity index (χ0) is 14.8. The summed E-state index contributed by atoms with van der Waals surface area (Å²) in [5.41, 5.74) is 7.63. The number of hydrogen-bond acceptors (Lipinski definition) is 4. The van der Waals surface area contributed by atoms with Gasteiger partial charge in [-0.3, -0.25) is 4.90 Å². The van der Waals surface area contributed by atoms with Crippen LogP contribution in [0.5, 0.6) is 0 Å². The Morgan fingerprint density at radius 3 is 2.95 bits per heavy atom. The molecule has 2 aromatic rings. The van der Waals surface area contributed by atoms with Crippen molar-refractivity contribution in [2.75, 3.05) is 12.3 Å². The fourth-order valence-electron chi connectivity index (χ4n) is 2.94. The van der Waals surface area contributed by atoms with Crippen LogP contribution in [-0.4, -0.2) is 27.6 Å². The number of aromatic nitrogens is 1. The normalized spacial score (nSPS) is 22.6. The van der Waals surface area contributed by atoms with Crippen LogP contribution in [0.2, 0.25) is 0 Å². The van der Waals surface area contributed by atoms with Crippen molar-refractivity contribution >= 4 is 5.82 Å². The van der Waals surface area contributed by atoms with Crippen LogP contribution in [0.15, 0.2) is 42.6 Å². The lowest BCUT2D eigenvalue weighted by Gasteiger charge is -2.24. The van der Waals surface area contributed by atoms with Crippen molar-refractivity contribution in [2.45, 2.75) is 25.1 Å². The summed E-state index contributed by atoms with van der Waals surface area (Å²) in [6.07, 6.45) is 1.90. The summed E-state index contributed by atoms with van der Waals surface area (Å²) in [6, 6.07) is 10.3. The van der Waals surface area contributed by atoms with Gasteiger partial charge in [0.15, 0.2) is 0 Å². The molecule has 1 aromatic heterocycles. The van der Waals surface area contributed by atoms with Gasteiger partial charge in [0.2, 0.25) is 0 Å². The number of halogens is 1. The number of nitrogen functional groups attached to an aromatic ring is 1. The van der Waals surface area contributed by atoms with Crippen LogP contribution < -0.4 is 5.73 Å². The number of likely N-dealkylation sites (tertiary alicyclic amines) is 1. The summed E-state index contributed by atoms with van der Waals surface area (Å²) in [5, 5.41) is 9.96. The van der Waals surface area contributed by atoms with Gasteiger partial charge in [-0.15, -0.1) is 0 Å². The molecular weight excluding hydrogens is 269 g/mol. The molecule has 0 radical (unpaired) electrons. The van der Waals surface area contributed by atoms with E-state index in [2.05, 4.69) is 9.88 Å². The standard InChI is InChI=1S/C16H18FN3O/c17-13-3-1-2-12(7-13)15-8-14(21)10-20(15)9-11-4-5-19-16(18)6-11/h1-7,14-15,21H,8-10H2,(H2,18,19). The molecule has 21 heavy (non-hydrogen) atoms. The molecule has 1 saturated heterocycles. The topological polar surface area (TPSA) is 62.4 Å². The molecular formula is C16H18FN3O. The Morgan fingerprint density at radius 2 is 2.19 bits per heavy atom. The van der Waals surface area contributed by atoms with E-state index in [1.54, 1.807) is 12.3 Å². The van der Waals surface area contributed by atoms with E-state index in [-0.39, 0.29) is 11.9 Å². The van der Waals surface area contributed by atoms with E-state index in [0.717, 1.165) is 11.1 Å². The molecule has 3 rings (SSSR count). The van der Waals surface area contributed by atoms with Gasteiger partial charge in [-0.2, -0.15) is 0 Å². The van der Waals surface area contributed by atoms with Gasteiger partial charge in [-0.25, -0.2) is 9.37 Å². The predicted octanol–water partition coefficient (Wildman–Crippen LogP) is 2.11. The molecule has 0 saturated carbocycles. The Balaban J connectivity index is 1.82. The first-order chi connectivity index (χ1) is 10.1. The first kappa shape index (κ1) is 14.0. The van der Waals surface area contributed by atoms with Gasteiger partial charge in [-0.1, -0.05) is 12.1 Å². The summed E-state index contributed by atoms with van der Waals surface area (Å²) < 4.78 is 13.4. The fraction of sp³-hybridized carbons (Fsp3) is 0.312. The Labute approximate surface area is 123 Å². The maximum absolute atomic E-state index is 13.4.